The lowest BCUT2D eigenvalue weighted by Gasteiger charge is -2.01. The number of H-pyrrole nitrogens is 1. The summed E-state index contributed by atoms with van der Waals surface area (Å²) in [5, 5.41) is 8.41. The first-order valence-electron chi connectivity index (χ1n) is 6.87. The van der Waals surface area contributed by atoms with Crippen LogP contribution in [0.5, 0.6) is 0 Å². The molecule has 0 spiro atoms. The minimum Gasteiger partial charge on any atom is -0.352 e. The van der Waals surface area contributed by atoms with Crippen LogP contribution < -0.4 is 4.84 Å². The van der Waals surface area contributed by atoms with Gasteiger partial charge in [0.2, 0.25) is 0 Å². The van der Waals surface area contributed by atoms with Gasteiger partial charge >= 0.3 is 5.97 Å². The average molecular weight is 306 g/mol. The van der Waals surface area contributed by atoms with Gasteiger partial charge in [-0.25, -0.2) is 4.79 Å². The molecular weight excluding hydrogens is 296 g/mol. The fourth-order valence-corrected chi connectivity index (χ4v) is 2.34. The van der Waals surface area contributed by atoms with Gasteiger partial charge in [-0.1, -0.05) is 35.2 Å². The normalized spacial score (nSPS) is 11.0. The zero-order valence-electron chi connectivity index (χ0n) is 11.8. The summed E-state index contributed by atoms with van der Waals surface area (Å²) in [6, 6.07) is 15.9. The van der Waals surface area contributed by atoms with Gasteiger partial charge in [0.25, 0.3) is 5.78 Å². The topological polar surface area (TPSA) is 89.9 Å². The minimum atomic E-state index is -1.03. The van der Waals surface area contributed by atoms with Crippen molar-refractivity contribution in [2.75, 3.05) is 0 Å². The number of benzene rings is 2. The van der Waals surface area contributed by atoms with Crippen LogP contribution in [-0.4, -0.2) is 31.9 Å². The summed E-state index contributed by atoms with van der Waals surface area (Å²) in [5.41, 5.74) is 2.01. The predicted molar refractivity (Wildman–Crippen MR) is 81.7 cm³/mol. The summed E-state index contributed by atoms with van der Waals surface area (Å²) >= 11 is 0. The molecule has 2 heterocycles. The Kier molecular flexibility index (Phi) is 2.90. The van der Waals surface area contributed by atoms with E-state index in [9.17, 15) is 9.59 Å². The van der Waals surface area contributed by atoms with E-state index in [2.05, 4.69) is 15.3 Å². The van der Waals surface area contributed by atoms with E-state index in [4.69, 9.17) is 4.84 Å². The van der Waals surface area contributed by atoms with Gasteiger partial charge in [0.15, 0.2) is 0 Å². The first kappa shape index (κ1) is 13.2. The second kappa shape index (κ2) is 5.06. The Balaban J connectivity index is 1.62. The average Bonchev–Trinajstić information content (AvgIpc) is 3.18. The number of ketones is 1. The number of hydrogen-bond acceptors (Lipinski definition) is 5. The molecule has 0 saturated heterocycles. The minimum absolute atomic E-state index is 0.167. The molecule has 0 atom stereocenters. The van der Waals surface area contributed by atoms with E-state index in [0.29, 0.717) is 11.0 Å². The SMILES string of the molecule is O=C(On1nnc2ccccc21)C(=O)c1cc2ccccc2[nH]1. The van der Waals surface area contributed by atoms with E-state index in [1.807, 2.05) is 24.3 Å². The van der Waals surface area contributed by atoms with Crippen molar-refractivity contribution >= 4 is 33.7 Å². The lowest BCUT2D eigenvalue weighted by atomic mass is 10.2. The molecule has 0 bridgehead atoms. The molecule has 23 heavy (non-hydrogen) atoms. The van der Waals surface area contributed by atoms with Crippen molar-refractivity contribution < 1.29 is 14.4 Å². The second-order valence-electron chi connectivity index (χ2n) is 4.93. The fourth-order valence-electron chi connectivity index (χ4n) is 2.34. The molecule has 2 aromatic heterocycles. The van der Waals surface area contributed by atoms with Crippen molar-refractivity contribution in [1.82, 2.24) is 20.1 Å². The lowest BCUT2D eigenvalue weighted by Crippen LogP contribution is -2.28. The number of carbonyl (C=O) groups is 2. The number of para-hydroxylation sites is 2. The molecule has 112 valence electrons. The van der Waals surface area contributed by atoms with Crippen LogP contribution in [0, 0.1) is 0 Å². The van der Waals surface area contributed by atoms with Crippen molar-refractivity contribution in [1.29, 1.82) is 0 Å². The van der Waals surface area contributed by atoms with Crippen LogP contribution >= 0.6 is 0 Å². The molecule has 0 saturated carbocycles. The summed E-state index contributed by atoms with van der Waals surface area (Å²) in [4.78, 5) is 33.1. The smallest absolute Gasteiger partial charge is 0.352 e. The van der Waals surface area contributed by atoms with Crippen molar-refractivity contribution in [2.24, 2.45) is 0 Å². The van der Waals surface area contributed by atoms with Gasteiger partial charge in [0.05, 0.1) is 5.69 Å². The highest BCUT2D eigenvalue weighted by molar-refractivity contribution is 6.40. The molecule has 0 aliphatic heterocycles. The molecule has 0 aliphatic rings. The molecule has 0 radical (unpaired) electrons. The van der Waals surface area contributed by atoms with E-state index >= 15 is 0 Å². The number of nitrogens with one attached hydrogen (secondary N) is 1. The van der Waals surface area contributed by atoms with Crippen molar-refractivity contribution in [2.45, 2.75) is 0 Å². The summed E-state index contributed by atoms with van der Waals surface area (Å²) in [6.45, 7) is 0. The first-order chi connectivity index (χ1) is 11.2. The summed E-state index contributed by atoms with van der Waals surface area (Å²) in [5.74, 6) is -1.81. The molecule has 4 aromatic rings. The molecule has 1 N–H and O–H groups in total. The van der Waals surface area contributed by atoms with Gasteiger partial charge in [-0.3, -0.25) is 4.79 Å². The maximum atomic E-state index is 12.2. The summed E-state index contributed by atoms with van der Waals surface area (Å²) in [7, 11) is 0. The van der Waals surface area contributed by atoms with Crippen molar-refractivity contribution in [3.05, 3.63) is 60.3 Å². The summed E-state index contributed by atoms with van der Waals surface area (Å²) < 4.78 is 0. The van der Waals surface area contributed by atoms with Crippen LogP contribution in [0.25, 0.3) is 21.9 Å². The maximum absolute atomic E-state index is 12.2. The van der Waals surface area contributed by atoms with E-state index < -0.39 is 11.8 Å². The molecule has 2 aromatic carbocycles. The highest BCUT2D eigenvalue weighted by atomic mass is 16.7. The van der Waals surface area contributed by atoms with Gasteiger partial charge in [0, 0.05) is 10.9 Å². The monoisotopic (exact) mass is 306 g/mol. The predicted octanol–water partition coefficient (Wildman–Crippen LogP) is 1.75. The molecule has 4 rings (SSSR count). The molecular formula is C16H10N4O3. The first-order valence-corrected chi connectivity index (χ1v) is 6.87. The van der Waals surface area contributed by atoms with Gasteiger partial charge in [0.1, 0.15) is 11.0 Å². The van der Waals surface area contributed by atoms with Crippen LogP contribution in [0.2, 0.25) is 0 Å². The van der Waals surface area contributed by atoms with Crippen LogP contribution in [0.15, 0.2) is 54.6 Å². The third kappa shape index (κ3) is 2.24. The van der Waals surface area contributed by atoms with Crippen LogP contribution in [-0.2, 0) is 4.79 Å². The van der Waals surface area contributed by atoms with Crippen molar-refractivity contribution in [3.63, 3.8) is 0 Å². The van der Waals surface area contributed by atoms with Crippen LogP contribution in [0.4, 0.5) is 0 Å². The van der Waals surface area contributed by atoms with Crippen LogP contribution in [0.3, 0.4) is 0 Å². The Morgan fingerprint density at radius 3 is 2.70 bits per heavy atom. The quantitative estimate of drug-likeness (QED) is 0.354. The third-order valence-corrected chi connectivity index (χ3v) is 3.45. The Morgan fingerprint density at radius 2 is 1.83 bits per heavy atom. The molecule has 0 fully saturated rings. The number of aromatic amines is 1. The summed E-state index contributed by atoms with van der Waals surface area (Å²) in [6.07, 6.45) is 0. The van der Waals surface area contributed by atoms with Crippen LogP contribution in [0.1, 0.15) is 10.5 Å². The molecule has 0 aliphatic carbocycles. The Bertz CT molecular complexity index is 1010. The zero-order valence-corrected chi connectivity index (χ0v) is 11.8. The van der Waals surface area contributed by atoms with Gasteiger partial charge < -0.3 is 9.82 Å². The molecule has 0 unspecified atom stereocenters. The maximum Gasteiger partial charge on any atom is 0.407 e. The standard InChI is InChI=1S/C16H10N4O3/c21-15(13-9-10-5-1-2-6-11(10)17-13)16(22)23-20-14-8-4-3-7-12(14)18-19-20/h1-9,17H. The Labute approximate surface area is 129 Å². The lowest BCUT2D eigenvalue weighted by molar-refractivity contribution is -0.139. The number of carbonyl (C=O) groups excluding carboxylic acids is 2. The molecule has 7 nitrogen and oxygen atoms in total. The second-order valence-corrected chi connectivity index (χ2v) is 4.93. The van der Waals surface area contributed by atoms with E-state index in [-0.39, 0.29) is 5.69 Å². The van der Waals surface area contributed by atoms with E-state index in [0.717, 1.165) is 15.7 Å². The number of Topliss-reactive ketones (excluding diaryl/α,β-unsaturated/α-hetero) is 1. The Hall–Kier alpha value is -3.48. The number of aromatic nitrogens is 4. The van der Waals surface area contributed by atoms with E-state index in [1.165, 1.54) is 0 Å². The zero-order chi connectivity index (χ0) is 15.8. The highest BCUT2D eigenvalue weighted by Crippen LogP contribution is 2.15. The number of rotatable bonds is 3. The van der Waals surface area contributed by atoms with Gasteiger partial charge in [-0.2, -0.15) is 0 Å². The van der Waals surface area contributed by atoms with E-state index in [1.54, 1.807) is 30.3 Å². The number of fused-ring (bicyclic) bond motifs is 2. The molecule has 0 amide bonds. The number of hydrogen-bond donors (Lipinski definition) is 1. The van der Waals surface area contributed by atoms with Gasteiger partial charge in [-0.15, -0.1) is 5.10 Å². The largest absolute Gasteiger partial charge is 0.407 e. The molecule has 7 heteroatoms. The van der Waals surface area contributed by atoms with Crippen molar-refractivity contribution in [3.8, 4) is 0 Å². The number of nitrogens with zero attached hydrogens (tertiary/aromatic N) is 3. The third-order valence-electron chi connectivity index (χ3n) is 3.45. The highest BCUT2D eigenvalue weighted by Gasteiger charge is 2.22. The van der Waals surface area contributed by atoms with Gasteiger partial charge in [-0.05, 0) is 29.5 Å². The Morgan fingerprint density at radius 1 is 1.04 bits per heavy atom. The fraction of sp³-hybridized carbons (Fsp3) is 0.